The van der Waals surface area contributed by atoms with Gasteiger partial charge in [-0.3, -0.25) is 4.68 Å². The number of benzene rings is 2. The van der Waals surface area contributed by atoms with Crippen molar-refractivity contribution in [3.63, 3.8) is 0 Å². The van der Waals surface area contributed by atoms with Crippen LogP contribution in [0.5, 0.6) is 0 Å². The minimum atomic E-state index is 0.424. The van der Waals surface area contributed by atoms with Crippen LogP contribution in [0.4, 0.5) is 0 Å². The van der Waals surface area contributed by atoms with Crippen LogP contribution >= 0.6 is 39.7 Å². The first-order valence-corrected chi connectivity index (χ1v) is 10.3. The first-order valence-electron chi connectivity index (χ1n) is 8.74. The molecule has 0 spiro atoms. The molecule has 0 bridgehead atoms. The Morgan fingerprint density at radius 3 is 2.43 bits per heavy atom. The Morgan fingerprint density at radius 2 is 1.75 bits per heavy atom. The molecule has 0 unspecified atom stereocenters. The van der Waals surface area contributed by atoms with E-state index in [1.165, 1.54) is 0 Å². The van der Waals surface area contributed by atoms with Crippen molar-refractivity contribution in [1.82, 2.24) is 19.7 Å². The van der Waals surface area contributed by atoms with Crippen LogP contribution in [-0.2, 0) is 6.54 Å². The Hall–Kier alpha value is -2.28. The van der Waals surface area contributed by atoms with Gasteiger partial charge in [-0.15, -0.1) is 0 Å². The molecule has 0 fully saturated rings. The Morgan fingerprint density at radius 1 is 1.07 bits per heavy atom. The molecule has 0 saturated heterocycles. The molecule has 4 rings (SSSR count). The van der Waals surface area contributed by atoms with Gasteiger partial charge in [-0.2, -0.15) is 5.10 Å². The minimum absolute atomic E-state index is 0.424. The van der Waals surface area contributed by atoms with Crippen LogP contribution in [-0.4, -0.2) is 19.7 Å². The van der Waals surface area contributed by atoms with Gasteiger partial charge in [0.15, 0.2) is 4.77 Å². The molecule has 28 heavy (non-hydrogen) atoms. The number of H-pyrrole nitrogens is 1. The monoisotopic (exact) mass is 470 g/mol. The van der Waals surface area contributed by atoms with Gasteiger partial charge in [-0.25, -0.2) is 4.98 Å². The molecule has 0 aliphatic carbocycles. The van der Waals surface area contributed by atoms with Crippen molar-refractivity contribution in [3.05, 3.63) is 75.1 Å². The zero-order valence-electron chi connectivity index (χ0n) is 15.0. The summed E-state index contributed by atoms with van der Waals surface area (Å²) in [6, 6.07) is 17.7. The summed E-state index contributed by atoms with van der Waals surface area (Å²) in [5.74, 6) is 0. The Kier molecular flexibility index (Phi) is 5.44. The molecule has 0 aliphatic rings. The number of hydrogen-bond acceptors (Lipinski definition) is 3. The molecular formula is C21H16BrClN4S. The van der Waals surface area contributed by atoms with Crippen molar-refractivity contribution in [3.8, 4) is 33.8 Å². The lowest BCUT2D eigenvalue weighted by molar-refractivity contribution is 0.662. The van der Waals surface area contributed by atoms with Crippen molar-refractivity contribution in [2.45, 2.75) is 13.5 Å². The maximum Gasteiger partial charge on any atom is 0.197 e. The van der Waals surface area contributed by atoms with Crippen molar-refractivity contribution < 1.29 is 0 Å². The maximum atomic E-state index is 6.01. The minimum Gasteiger partial charge on any atom is -0.330 e. The van der Waals surface area contributed by atoms with E-state index in [0.717, 1.165) is 44.8 Å². The van der Waals surface area contributed by atoms with Gasteiger partial charge in [0, 0.05) is 38.9 Å². The number of halogens is 2. The summed E-state index contributed by atoms with van der Waals surface area (Å²) in [7, 11) is 0. The van der Waals surface area contributed by atoms with Gasteiger partial charge in [0.1, 0.15) is 5.69 Å². The van der Waals surface area contributed by atoms with E-state index in [2.05, 4.69) is 32.8 Å². The highest BCUT2D eigenvalue weighted by Gasteiger charge is 2.15. The number of nitrogens with zero attached hydrogens (tertiary/aromatic N) is 3. The van der Waals surface area contributed by atoms with E-state index in [1.807, 2.05) is 65.5 Å². The summed E-state index contributed by atoms with van der Waals surface area (Å²) in [4.78, 5) is 7.70. The van der Waals surface area contributed by atoms with Crippen LogP contribution in [0.2, 0.25) is 5.02 Å². The quantitative estimate of drug-likeness (QED) is 0.334. The number of aryl methyl sites for hydroxylation is 1. The van der Waals surface area contributed by atoms with Crippen molar-refractivity contribution in [2.24, 2.45) is 0 Å². The smallest absolute Gasteiger partial charge is 0.197 e. The molecule has 0 saturated carbocycles. The molecule has 4 aromatic rings. The molecule has 4 nitrogen and oxygen atoms in total. The van der Waals surface area contributed by atoms with Crippen LogP contribution in [0.15, 0.2) is 65.3 Å². The number of aromatic nitrogens is 4. The van der Waals surface area contributed by atoms with Gasteiger partial charge in [-0.05, 0) is 49.5 Å². The van der Waals surface area contributed by atoms with E-state index in [-0.39, 0.29) is 0 Å². The highest BCUT2D eigenvalue weighted by molar-refractivity contribution is 9.10. The van der Waals surface area contributed by atoms with Gasteiger partial charge in [0.2, 0.25) is 0 Å². The second-order valence-electron chi connectivity index (χ2n) is 6.25. The highest BCUT2D eigenvalue weighted by atomic mass is 79.9. The van der Waals surface area contributed by atoms with E-state index in [1.54, 1.807) is 0 Å². The lowest BCUT2D eigenvalue weighted by Gasteiger charge is -2.07. The first-order chi connectivity index (χ1) is 13.5. The van der Waals surface area contributed by atoms with E-state index in [4.69, 9.17) is 28.9 Å². The maximum absolute atomic E-state index is 6.01. The molecule has 2 aromatic carbocycles. The van der Waals surface area contributed by atoms with E-state index in [9.17, 15) is 0 Å². The predicted octanol–water partition coefficient (Wildman–Crippen LogP) is 6.77. The third kappa shape index (κ3) is 3.94. The largest absolute Gasteiger partial charge is 0.330 e. The number of aromatic amines is 1. The number of nitrogens with one attached hydrogen (secondary N) is 1. The fourth-order valence-corrected chi connectivity index (χ4v) is 3.57. The summed E-state index contributed by atoms with van der Waals surface area (Å²) in [6.45, 7) is 2.84. The SMILES string of the molecule is CCn1cc(-c2cc(-c3ccc(Cl)cc3)nc(=S)[nH]2)c(-c2ccc(Br)cc2)n1. The Bertz CT molecular complexity index is 1180. The zero-order chi connectivity index (χ0) is 19.7. The van der Waals surface area contributed by atoms with Crippen molar-refractivity contribution >= 4 is 39.7 Å². The third-order valence-corrected chi connectivity index (χ3v) is 5.35. The van der Waals surface area contributed by atoms with Crippen molar-refractivity contribution in [2.75, 3.05) is 0 Å². The molecule has 0 atom stereocenters. The van der Waals surface area contributed by atoms with Gasteiger partial charge < -0.3 is 4.98 Å². The fraction of sp³-hybridized carbons (Fsp3) is 0.0952. The van der Waals surface area contributed by atoms with Crippen LogP contribution in [0.25, 0.3) is 33.8 Å². The molecule has 140 valence electrons. The second-order valence-corrected chi connectivity index (χ2v) is 7.98. The number of rotatable bonds is 4. The second kappa shape index (κ2) is 7.99. The lowest BCUT2D eigenvalue weighted by Crippen LogP contribution is -1.93. The molecule has 2 heterocycles. The summed E-state index contributed by atoms with van der Waals surface area (Å²) < 4.78 is 3.38. The van der Waals surface area contributed by atoms with Crippen LogP contribution < -0.4 is 0 Å². The molecule has 0 radical (unpaired) electrons. The fourth-order valence-electron chi connectivity index (χ4n) is 2.97. The third-order valence-electron chi connectivity index (χ3n) is 4.38. The molecule has 1 N–H and O–H groups in total. The molecule has 0 aliphatic heterocycles. The van der Waals surface area contributed by atoms with Crippen LogP contribution in [0.1, 0.15) is 6.92 Å². The van der Waals surface area contributed by atoms with Gasteiger partial charge in [0.25, 0.3) is 0 Å². The topological polar surface area (TPSA) is 46.5 Å². The van der Waals surface area contributed by atoms with E-state index < -0.39 is 0 Å². The van der Waals surface area contributed by atoms with Crippen LogP contribution in [0.3, 0.4) is 0 Å². The standard InChI is InChI=1S/C21H16BrClN4S/c1-2-27-12-17(20(26-27)14-3-7-15(22)8-4-14)19-11-18(24-21(28)25-19)13-5-9-16(23)10-6-13/h3-12H,2H2,1H3,(H,24,25,28). The summed E-state index contributed by atoms with van der Waals surface area (Å²) in [5, 5.41) is 5.45. The van der Waals surface area contributed by atoms with E-state index in [0.29, 0.717) is 9.79 Å². The summed E-state index contributed by atoms with van der Waals surface area (Å²) in [6.07, 6.45) is 2.03. The van der Waals surface area contributed by atoms with Gasteiger partial charge in [0.05, 0.1) is 11.4 Å². The van der Waals surface area contributed by atoms with Crippen molar-refractivity contribution in [1.29, 1.82) is 0 Å². The van der Waals surface area contributed by atoms with Gasteiger partial charge >= 0.3 is 0 Å². The Labute approximate surface area is 181 Å². The summed E-state index contributed by atoms with van der Waals surface area (Å²) >= 11 is 14.9. The van der Waals surface area contributed by atoms with E-state index >= 15 is 0 Å². The number of hydrogen-bond donors (Lipinski definition) is 1. The van der Waals surface area contributed by atoms with Gasteiger partial charge in [-0.1, -0.05) is 51.8 Å². The average molecular weight is 472 g/mol. The zero-order valence-corrected chi connectivity index (χ0v) is 18.1. The lowest BCUT2D eigenvalue weighted by atomic mass is 10.0. The highest BCUT2D eigenvalue weighted by Crippen LogP contribution is 2.32. The molecular weight excluding hydrogens is 456 g/mol. The molecule has 0 amide bonds. The first kappa shape index (κ1) is 19.1. The van der Waals surface area contributed by atoms with Crippen LogP contribution in [0, 0.1) is 4.77 Å². The molecule has 7 heteroatoms. The predicted molar refractivity (Wildman–Crippen MR) is 120 cm³/mol. The summed E-state index contributed by atoms with van der Waals surface area (Å²) in [5.41, 5.74) is 5.54. The Balaban J connectivity index is 1.87. The normalized spacial score (nSPS) is 11.0. The average Bonchev–Trinajstić information content (AvgIpc) is 3.13. The molecule has 2 aromatic heterocycles.